The van der Waals surface area contributed by atoms with E-state index in [4.69, 9.17) is 0 Å². The number of hydrogen-bond acceptors (Lipinski definition) is 8. The Kier molecular flexibility index (Phi) is 6.64. The number of aromatic nitrogens is 5. The van der Waals surface area contributed by atoms with E-state index >= 15 is 0 Å². The number of benzene rings is 1. The zero-order valence-electron chi connectivity index (χ0n) is 18.8. The van der Waals surface area contributed by atoms with Crippen LogP contribution in [0, 0.1) is 13.8 Å². The fourth-order valence-corrected chi connectivity index (χ4v) is 4.25. The van der Waals surface area contributed by atoms with Gasteiger partial charge in [0, 0.05) is 41.5 Å². The van der Waals surface area contributed by atoms with Crippen LogP contribution in [0.15, 0.2) is 76.7 Å². The van der Waals surface area contributed by atoms with E-state index < -0.39 is 21.5 Å². The summed E-state index contributed by atoms with van der Waals surface area (Å²) in [6, 6.07) is 13.5. The topological polar surface area (TPSA) is 149 Å². The van der Waals surface area contributed by atoms with E-state index in [-0.39, 0.29) is 17.3 Å². The van der Waals surface area contributed by atoms with E-state index in [0.29, 0.717) is 22.9 Å². The maximum absolute atomic E-state index is 12.7. The van der Waals surface area contributed by atoms with Gasteiger partial charge in [0.05, 0.1) is 10.6 Å². The van der Waals surface area contributed by atoms with Crippen molar-refractivity contribution in [2.45, 2.75) is 25.3 Å². The molecule has 2 N–H and O–H groups in total. The summed E-state index contributed by atoms with van der Waals surface area (Å²) in [7, 11) is -3.89. The highest BCUT2D eigenvalue weighted by atomic mass is 32.2. The van der Waals surface area contributed by atoms with Gasteiger partial charge in [-0.15, -0.1) is 0 Å². The minimum atomic E-state index is -3.89. The first kappa shape index (κ1) is 23.7. The fraction of sp³-hybridized carbons (Fsp3) is 0.130. The van der Waals surface area contributed by atoms with Gasteiger partial charge in [0.25, 0.3) is 15.6 Å². The third-order valence-corrected chi connectivity index (χ3v) is 6.16. The van der Waals surface area contributed by atoms with Gasteiger partial charge >= 0.3 is 0 Å². The van der Waals surface area contributed by atoms with Crippen molar-refractivity contribution in [1.82, 2.24) is 24.7 Å². The number of rotatable bonds is 7. The first-order valence-corrected chi connectivity index (χ1v) is 11.9. The van der Waals surface area contributed by atoms with Crippen LogP contribution in [0.2, 0.25) is 0 Å². The molecular formula is C23H21N7O4S. The van der Waals surface area contributed by atoms with Gasteiger partial charge in [0.15, 0.2) is 0 Å². The standard InChI is InChI=1S/C23H21N7O4S/c1-15-13-21(26-16(2)25-15)29-35(33,34)19-5-3-18(4-6-19)27-22(31)14-30-23(32)8-7-20(28-30)17-9-11-24-12-10-17/h3-13H,14H2,1-2H3,(H,27,31)(H,25,26,29). The summed E-state index contributed by atoms with van der Waals surface area (Å²) in [5.41, 5.74) is 1.85. The van der Waals surface area contributed by atoms with Crippen molar-refractivity contribution in [2.75, 3.05) is 10.0 Å². The molecule has 11 nitrogen and oxygen atoms in total. The molecule has 0 spiro atoms. The Bertz CT molecular complexity index is 1520. The third-order valence-electron chi connectivity index (χ3n) is 4.79. The molecule has 0 atom stereocenters. The Labute approximate surface area is 201 Å². The summed E-state index contributed by atoms with van der Waals surface area (Å²) >= 11 is 0. The summed E-state index contributed by atoms with van der Waals surface area (Å²) in [5.74, 6) is 0.118. The van der Waals surface area contributed by atoms with Crippen LogP contribution in [0.4, 0.5) is 11.5 Å². The molecule has 1 amide bonds. The van der Waals surface area contributed by atoms with Crippen molar-refractivity contribution >= 4 is 27.4 Å². The van der Waals surface area contributed by atoms with E-state index in [9.17, 15) is 18.0 Å². The second-order valence-corrected chi connectivity index (χ2v) is 9.25. The highest BCUT2D eigenvalue weighted by Gasteiger charge is 2.16. The maximum Gasteiger partial charge on any atom is 0.267 e. The van der Waals surface area contributed by atoms with Crippen molar-refractivity contribution in [1.29, 1.82) is 0 Å². The molecule has 4 aromatic rings. The molecule has 0 aliphatic carbocycles. The van der Waals surface area contributed by atoms with Gasteiger partial charge in [-0.2, -0.15) is 5.10 Å². The molecule has 1 aromatic carbocycles. The number of sulfonamides is 1. The molecule has 12 heteroatoms. The average molecular weight is 492 g/mol. The number of aryl methyl sites for hydroxylation is 2. The van der Waals surface area contributed by atoms with E-state index in [2.05, 4.69) is 30.1 Å². The predicted octanol–water partition coefficient (Wildman–Crippen LogP) is 2.15. The van der Waals surface area contributed by atoms with Crippen LogP contribution in [-0.2, 0) is 21.4 Å². The Hall–Kier alpha value is -4.45. The molecule has 0 unspecified atom stereocenters. The largest absolute Gasteiger partial charge is 0.324 e. The maximum atomic E-state index is 12.7. The van der Waals surface area contributed by atoms with E-state index in [1.54, 1.807) is 44.4 Å². The van der Waals surface area contributed by atoms with Crippen molar-refractivity contribution < 1.29 is 13.2 Å². The molecule has 3 aromatic heterocycles. The van der Waals surface area contributed by atoms with Gasteiger partial charge in [-0.25, -0.2) is 23.1 Å². The molecule has 178 valence electrons. The fourth-order valence-electron chi connectivity index (χ4n) is 3.26. The first-order valence-electron chi connectivity index (χ1n) is 10.4. The lowest BCUT2D eigenvalue weighted by molar-refractivity contribution is -0.117. The molecule has 0 aliphatic rings. The number of carbonyl (C=O) groups is 1. The lowest BCUT2D eigenvalue weighted by Crippen LogP contribution is -2.29. The summed E-state index contributed by atoms with van der Waals surface area (Å²) in [5, 5.41) is 6.88. The number of carbonyl (C=O) groups excluding carboxylic acids is 1. The quantitative estimate of drug-likeness (QED) is 0.399. The van der Waals surface area contributed by atoms with Crippen LogP contribution < -0.4 is 15.6 Å². The zero-order valence-corrected chi connectivity index (χ0v) is 19.7. The van der Waals surface area contributed by atoms with Crippen molar-refractivity contribution in [3.63, 3.8) is 0 Å². The zero-order chi connectivity index (χ0) is 25.0. The molecule has 0 saturated carbocycles. The summed E-state index contributed by atoms with van der Waals surface area (Å²) in [4.78, 5) is 36.8. The SMILES string of the molecule is Cc1cc(NS(=O)(=O)c2ccc(NC(=O)Cn3nc(-c4ccncc4)ccc3=O)cc2)nc(C)n1. The Morgan fingerprint density at radius 1 is 0.971 bits per heavy atom. The van der Waals surface area contributed by atoms with Crippen LogP contribution >= 0.6 is 0 Å². The van der Waals surface area contributed by atoms with E-state index in [0.717, 1.165) is 10.2 Å². The smallest absolute Gasteiger partial charge is 0.267 e. The number of hydrogen-bond donors (Lipinski definition) is 2. The molecule has 0 bridgehead atoms. The Morgan fingerprint density at radius 2 is 1.69 bits per heavy atom. The molecule has 35 heavy (non-hydrogen) atoms. The summed E-state index contributed by atoms with van der Waals surface area (Å²) < 4.78 is 28.8. The molecular weight excluding hydrogens is 470 g/mol. The number of pyridine rings is 1. The van der Waals surface area contributed by atoms with Gasteiger partial charge in [0.1, 0.15) is 18.2 Å². The van der Waals surface area contributed by atoms with Crippen LogP contribution in [0.3, 0.4) is 0 Å². The summed E-state index contributed by atoms with van der Waals surface area (Å²) in [6.45, 7) is 3.09. The van der Waals surface area contributed by atoms with Gasteiger partial charge in [-0.3, -0.25) is 19.3 Å². The van der Waals surface area contributed by atoms with Crippen LogP contribution in [0.1, 0.15) is 11.5 Å². The Morgan fingerprint density at radius 3 is 2.37 bits per heavy atom. The predicted molar refractivity (Wildman–Crippen MR) is 129 cm³/mol. The minimum absolute atomic E-state index is 0.00708. The van der Waals surface area contributed by atoms with Crippen LogP contribution in [0.25, 0.3) is 11.3 Å². The number of anilines is 2. The van der Waals surface area contributed by atoms with Gasteiger partial charge in [-0.1, -0.05) is 0 Å². The summed E-state index contributed by atoms with van der Waals surface area (Å²) in [6.07, 6.45) is 3.21. The van der Waals surface area contributed by atoms with Gasteiger partial charge in [-0.05, 0) is 56.3 Å². The number of amides is 1. The number of nitrogens with one attached hydrogen (secondary N) is 2. The van der Waals surface area contributed by atoms with Crippen molar-refractivity contribution in [3.8, 4) is 11.3 Å². The lowest BCUT2D eigenvalue weighted by Gasteiger charge is -2.10. The third kappa shape index (κ3) is 5.92. The average Bonchev–Trinajstić information content (AvgIpc) is 2.80. The van der Waals surface area contributed by atoms with E-state index in [1.807, 2.05) is 0 Å². The second-order valence-electron chi connectivity index (χ2n) is 7.57. The minimum Gasteiger partial charge on any atom is -0.324 e. The van der Waals surface area contributed by atoms with Crippen LogP contribution in [0.5, 0.6) is 0 Å². The van der Waals surface area contributed by atoms with E-state index in [1.165, 1.54) is 36.4 Å². The molecule has 0 radical (unpaired) electrons. The van der Waals surface area contributed by atoms with Gasteiger partial charge < -0.3 is 5.32 Å². The van der Waals surface area contributed by atoms with Gasteiger partial charge in [0.2, 0.25) is 5.91 Å². The molecule has 0 aliphatic heterocycles. The molecule has 4 rings (SSSR count). The highest BCUT2D eigenvalue weighted by Crippen LogP contribution is 2.18. The van der Waals surface area contributed by atoms with Crippen molar-refractivity contribution in [3.05, 3.63) is 88.9 Å². The first-order chi connectivity index (χ1) is 16.7. The molecule has 0 saturated heterocycles. The second kappa shape index (κ2) is 9.81. The highest BCUT2D eigenvalue weighted by molar-refractivity contribution is 7.92. The number of nitrogens with zero attached hydrogens (tertiary/aromatic N) is 5. The van der Waals surface area contributed by atoms with Crippen LogP contribution in [-0.4, -0.2) is 39.1 Å². The van der Waals surface area contributed by atoms with Crippen molar-refractivity contribution in [2.24, 2.45) is 0 Å². The normalized spacial score (nSPS) is 11.1. The monoisotopic (exact) mass is 491 g/mol. The molecule has 0 fully saturated rings. The Balaban J connectivity index is 1.44. The molecule has 3 heterocycles. The lowest BCUT2D eigenvalue weighted by atomic mass is 10.2.